The van der Waals surface area contributed by atoms with Gasteiger partial charge in [-0.05, 0) is 49.4 Å². The van der Waals surface area contributed by atoms with Crippen LogP contribution >= 0.6 is 0 Å². The minimum absolute atomic E-state index is 0.0667. The van der Waals surface area contributed by atoms with Gasteiger partial charge in [0.2, 0.25) is 0 Å². The van der Waals surface area contributed by atoms with Crippen molar-refractivity contribution in [3.8, 4) is 22.5 Å². The summed E-state index contributed by atoms with van der Waals surface area (Å²) in [6, 6.07) is 12.1. The van der Waals surface area contributed by atoms with Crippen LogP contribution in [-0.2, 0) is 14.1 Å². The summed E-state index contributed by atoms with van der Waals surface area (Å²) < 4.78 is 16.4. The Morgan fingerprint density at radius 3 is 2.31 bits per heavy atom. The van der Waals surface area contributed by atoms with E-state index in [1.807, 2.05) is 18.2 Å². The lowest BCUT2D eigenvalue weighted by Crippen LogP contribution is -2.19. The Kier molecular flexibility index (Phi) is 6.29. The van der Waals surface area contributed by atoms with Crippen LogP contribution in [0.5, 0.6) is 0 Å². The normalized spacial score (nSPS) is 10.8. The Labute approximate surface area is 168 Å². The van der Waals surface area contributed by atoms with E-state index in [2.05, 4.69) is 16.9 Å². The van der Waals surface area contributed by atoms with Gasteiger partial charge in [-0.1, -0.05) is 19.4 Å². The molecule has 152 valence electrons. The minimum Gasteiger partial charge on any atom is -0.344 e. The van der Waals surface area contributed by atoms with E-state index in [1.165, 1.54) is 25.0 Å². The number of rotatable bonds is 4. The monoisotopic (exact) mass is 395 g/mol. The Morgan fingerprint density at radius 1 is 1.03 bits per heavy atom. The van der Waals surface area contributed by atoms with Gasteiger partial charge in [-0.2, -0.15) is 0 Å². The van der Waals surface area contributed by atoms with Crippen molar-refractivity contribution >= 4 is 11.0 Å². The van der Waals surface area contributed by atoms with Gasteiger partial charge in [0, 0.05) is 25.2 Å². The number of aryl methyl sites for hydroxylation is 2. The molecule has 0 atom stereocenters. The Morgan fingerprint density at radius 2 is 1.69 bits per heavy atom. The van der Waals surface area contributed by atoms with Crippen LogP contribution in [0, 0.1) is 5.82 Å². The maximum atomic E-state index is 13.2. The van der Waals surface area contributed by atoms with E-state index in [1.54, 1.807) is 41.7 Å². The highest BCUT2D eigenvalue weighted by Crippen LogP contribution is 2.30. The number of nitrogens with two attached hydrogens (primary N) is 1. The standard InChI is InChI=1S/C18H15FN4O.C4H11N/c1-22-14-8-5-12(9-15(14)23(2)18(22)24)17-16(20-10-21-17)11-3-6-13(19)7-4-11;1-2-3-4-5/h3-10H,1-2H3,(H,20,21);2-5H2,1H3. The van der Waals surface area contributed by atoms with E-state index in [0.717, 1.165) is 40.1 Å². The first kappa shape index (κ1) is 20.5. The molecule has 0 fully saturated rings. The molecule has 4 rings (SSSR count). The molecule has 0 saturated heterocycles. The lowest BCUT2D eigenvalue weighted by molar-refractivity contribution is 0.628. The summed E-state index contributed by atoms with van der Waals surface area (Å²) in [5.74, 6) is -0.277. The van der Waals surface area contributed by atoms with Gasteiger partial charge in [0.15, 0.2) is 0 Å². The molecule has 4 aromatic rings. The summed E-state index contributed by atoms with van der Waals surface area (Å²) in [6.07, 6.45) is 4.00. The molecule has 0 aliphatic carbocycles. The van der Waals surface area contributed by atoms with Crippen LogP contribution in [0.3, 0.4) is 0 Å². The third-order valence-electron chi connectivity index (χ3n) is 4.88. The number of nitrogens with one attached hydrogen (secondary N) is 1. The highest BCUT2D eigenvalue weighted by atomic mass is 19.1. The highest BCUT2D eigenvalue weighted by Gasteiger charge is 2.14. The third kappa shape index (κ3) is 4.14. The SMILES string of the molecule is CCCCN.Cn1c(=O)n(C)c2cc(-c3nc[nH]c3-c3ccc(F)cc3)ccc21. The van der Waals surface area contributed by atoms with Gasteiger partial charge in [-0.3, -0.25) is 9.13 Å². The number of hydrogen-bond donors (Lipinski definition) is 2. The number of benzene rings is 2. The maximum Gasteiger partial charge on any atom is 0.328 e. The molecule has 29 heavy (non-hydrogen) atoms. The number of nitrogens with zero attached hydrogens (tertiary/aromatic N) is 3. The third-order valence-corrected chi connectivity index (χ3v) is 4.88. The number of H-pyrrole nitrogens is 1. The number of aromatic amines is 1. The molecular formula is C22H26FN5O. The van der Waals surface area contributed by atoms with Crippen LogP contribution in [0.2, 0.25) is 0 Å². The molecule has 0 unspecified atom stereocenters. The molecule has 2 aromatic heterocycles. The van der Waals surface area contributed by atoms with Crippen molar-refractivity contribution in [2.24, 2.45) is 19.8 Å². The van der Waals surface area contributed by atoms with Crippen molar-refractivity contribution in [3.63, 3.8) is 0 Å². The zero-order chi connectivity index (χ0) is 21.0. The van der Waals surface area contributed by atoms with Crippen molar-refractivity contribution in [1.29, 1.82) is 0 Å². The van der Waals surface area contributed by atoms with Crippen molar-refractivity contribution < 1.29 is 4.39 Å². The molecule has 3 N–H and O–H groups in total. The van der Waals surface area contributed by atoms with Gasteiger partial charge in [-0.15, -0.1) is 0 Å². The topological polar surface area (TPSA) is 81.6 Å². The van der Waals surface area contributed by atoms with Gasteiger partial charge in [0.1, 0.15) is 5.82 Å². The predicted molar refractivity (Wildman–Crippen MR) is 115 cm³/mol. The van der Waals surface area contributed by atoms with E-state index >= 15 is 0 Å². The fraction of sp³-hybridized carbons (Fsp3) is 0.273. The molecule has 7 heteroatoms. The largest absolute Gasteiger partial charge is 0.344 e. The van der Waals surface area contributed by atoms with Crippen LogP contribution in [0.1, 0.15) is 19.8 Å². The minimum atomic E-state index is -0.277. The second-order valence-corrected chi connectivity index (χ2v) is 6.88. The van der Waals surface area contributed by atoms with Crippen molar-refractivity contribution in [2.75, 3.05) is 6.54 Å². The van der Waals surface area contributed by atoms with Crippen molar-refractivity contribution in [3.05, 3.63) is 65.1 Å². The summed E-state index contributed by atoms with van der Waals surface area (Å²) in [5, 5.41) is 0. The Hall–Kier alpha value is -3.19. The van der Waals surface area contributed by atoms with Gasteiger partial charge in [-0.25, -0.2) is 14.2 Å². The average molecular weight is 395 g/mol. The highest BCUT2D eigenvalue weighted by molar-refractivity contribution is 5.86. The van der Waals surface area contributed by atoms with Gasteiger partial charge in [0.05, 0.1) is 28.7 Å². The number of unbranched alkanes of at least 4 members (excludes halogenated alkanes) is 1. The lowest BCUT2D eigenvalue weighted by Gasteiger charge is -2.05. The molecule has 0 aliphatic heterocycles. The summed E-state index contributed by atoms with van der Waals surface area (Å²) in [5.41, 5.74) is 10.1. The van der Waals surface area contributed by atoms with Crippen molar-refractivity contribution in [1.82, 2.24) is 19.1 Å². The molecule has 0 aliphatic rings. The molecule has 0 spiro atoms. The quantitative estimate of drug-likeness (QED) is 0.551. The number of hydrogen-bond acceptors (Lipinski definition) is 3. The van der Waals surface area contributed by atoms with Gasteiger partial charge >= 0.3 is 5.69 Å². The Balaban J connectivity index is 0.000000431. The Bertz CT molecular complexity index is 1150. The van der Waals surface area contributed by atoms with Crippen LogP contribution in [0.4, 0.5) is 4.39 Å². The second-order valence-electron chi connectivity index (χ2n) is 6.88. The summed E-state index contributed by atoms with van der Waals surface area (Å²) >= 11 is 0. The van der Waals surface area contributed by atoms with E-state index in [0.29, 0.717) is 0 Å². The van der Waals surface area contributed by atoms with Gasteiger partial charge < -0.3 is 10.7 Å². The maximum absolute atomic E-state index is 13.2. The fourth-order valence-corrected chi connectivity index (χ4v) is 3.21. The first-order chi connectivity index (χ1) is 14.0. The van der Waals surface area contributed by atoms with Crippen LogP contribution in [-0.4, -0.2) is 25.6 Å². The zero-order valence-electron chi connectivity index (χ0n) is 16.9. The van der Waals surface area contributed by atoms with Crippen LogP contribution in [0.25, 0.3) is 33.5 Å². The lowest BCUT2D eigenvalue weighted by atomic mass is 10.0. The summed E-state index contributed by atoms with van der Waals surface area (Å²) in [6.45, 7) is 2.98. The molecule has 0 bridgehead atoms. The zero-order valence-corrected chi connectivity index (χ0v) is 16.9. The molecule has 0 saturated carbocycles. The molecule has 6 nitrogen and oxygen atoms in total. The molecular weight excluding hydrogens is 369 g/mol. The average Bonchev–Trinajstić information content (AvgIpc) is 3.30. The van der Waals surface area contributed by atoms with Crippen LogP contribution < -0.4 is 11.4 Å². The molecule has 2 aromatic carbocycles. The molecule has 2 heterocycles. The molecule has 0 radical (unpaired) electrons. The smallest absolute Gasteiger partial charge is 0.328 e. The van der Waals surface area contributed by atoms with Gasteiger partial charge in [0.25, 0.3) is 0 Å². The summed E-state index contributed by atoms with van der Waals surface area (Å²) in [7, 11) is 3.50. The number of imidazole rings is 2. The first-order valence-electron chi connectivity index (χ1n) is 9.63. The van der Waals surface area contributed by atoms with E-state index in [9.17, 15) is 9.18 Å². The number of aromatic nitrogens is 4. The van der Waals surface area contributed by atoms with E-state index in [4.69, 9.17) is 5.73 Å². The molecule has 0 amide bonds. The van der Waals surface area contributed by atoms with E-state index in [-0.39, 0.29) is 11.5 Å². The van der Waals surface area contributed by atoms with E-state index < -0.39 is 0 Å². The van der Waals surface area contributed by atoms with Crippen molar-refractivity contribution in [2.45, 2.75) is 19.8 Å². The fourth-order valence-electron chi connectivity index (χ4n) is 3.21. The number of halogens is 1. The number of fused-ring (bicyclic) bond motifs is 1. The summed E-state index contributed by atoms with van der Waals surface area (Å²) in [4.78, 5) is 19.6. The second kappa shape index (κ2) is 8.87. The van der Waals surface area contributed by atoms with Crippen LogP contribution in [0.15, 0.2) is 53.6 Å². The predicted octanol–water partition coefficient (Wildman–Crippen LogP) is 3.82. The first-order valence-corrected chi connectivity index (χ1v) is 9.63.